The highest BCUT2D eigenvalue weighted by Gasteiger charge is 2.15. The van der Waals surface area contributed by atoms with Gasteiger partial charge in [0, 0.05) is 22.5 Å². The Hall–Kier alpha value is -1.83. The summed E-state index contributed by atoms with van der Waals surface area (Å²) < 4.78 is 11.3. The fraction of sp³-hybridized carbons (Fsp3) is 0.250. The molecule has 1 heterocycles. The number of methoxy groups -OCH3 is 2. The number of ether oxygens (including phenoxy) is 2. The fourth-order valence-electron chi connectivity index (χ4n) is 1.99. The summed E-state index contributed by atoms with van der Waals surface area (Å²) in [4.78, 5) is 16.3. The summed E-state index contributed by atoms with van der Waals surface area (Å²) in [7, 11) is 3.12. The van der Waals surface area contributed by atoms with Gasteiger partial charge >= 0.3 is 0 Å². The molecule has 22 heavy (non-hydrogen) atoms. The number of nitrogens with one attached hydrogen (secondary N) is 1. The second-order valence-corrected chi connectivity index (χ2v) is 5.72. The molecule has 0 spiro atoms. The lowest BCUT2D eigenvalue weighted by molar-refractivity contribution is 0.0953. The molecular weight excluding hydrogens is 395 g/mol. The number of carbonyl (C=O) groups excluding carboxylic acids is 1. The minimum absolute atomic E-state index is 0.130. The molecule has 1 aromatic heterocycles. The predicted molar refractivity (Wildman–Crippen MR) is 92.5 cm³/mol. The third kappa shape index (κ3) is 4.09. The average Bonchev–Trinajstić information content (AvgIpc) is 2.55. The van der Waals surface area contributed by atoms with Crippen molar-refractivity contribution in [2.75, 3.05) is 20.8 Å². The van der Waals surface area contributed by atoms with Gasteiger partial charge in [0.05, 0.1) is 19.8 Å². The van der Waals surface area contributed by atoms with Crippen LogP contribution < -0.4 is 14.8 Å². The minimum Gasteiger partial charge on any atom is -0.493 e. The van der Waals surface area contributed by atoms with E-state index in [1.165, 1.54) is 0 Å². The summed E-state index contributed by atoms with van der Waals surface area (Å²) in [6.45, 7) is 0.551. The molecule has 0 radical (unpaired) electrons. The van der Waals surface area contributed by atoms with E-state index < -0.39 is 0 Å². The molecular formula is C16H17IN2O3. The molecule has 6 heteroatoms. The molecule has 2 aromatic rings. The Morgan fingerprint density at radius 2 is 2.00 bits per heavy atom. The van der Waals surface area contributed by atoms with Gasteiger partial charge < -0.3 is 14.8 Å². The first-order valence-corrected chi connectivity index (χ1v) is 7.82. The van der Waals surface area contributed by atoms with E-state index in [-0.39, 0.29) is 5.91 Å². The maximum absolute atomic E-state index is 12.3. The fourth-order valence-corrected chi connectivity index (χ4v) is 2.67. The van der Waals surface area contributed by atoms with E-state index in [9.17, 15) is 4.79 Å². The number of hydrogen-bond donors (Lipinski definition) is 1. The summed E-state index contributed by atoms with van der Waals surface area (Å²) in [5.41, 5.74) is 1.66. The SMILES string of the molecule is COc1cc(I)c(C(=O)NCCc2cccnc2)cc1OC. The van der Waals surface area contributed by atoms with Gasteiger partial charge in [0.25, 0.3) is 5.91 Å². The Morgan fingerprint density at radius 1 is 1.27 bits per heavy atom. The van der Waals surface area contributed by atoms with Gasteiger partial charge in [0.15, 0.2) is 11.5 Å². The molecule has 0 unspecified atom stereocenters. The molecule has 0 saturated carbocycles. The number of rotatable bonds is 6. The van der Waals surface area contributed by atoms with E-state index in [4.69, 9.17) is 9.47 Å². The maximum atomic E-state index is 12.3. The molecule has 5 nitrogen and oxygen atoms in total. The molecule has 0 atom stereocenters. The molecule has 0 bridgehead atoms. The van der Waals surface area contributed by atoms with Gasteiger partial charge in [0.2, 0.25) is 0 Å². The predicted octanol–water partition coefficient (Wildman–Crippen LogP) is 2.68. The van der Waals surface area contributed by atoms with E-state index in [0.717, 1.165) is 15.6 Å². The lowest BCUT2D eigenvalue weighted by atomic mass is 10.1. The molecule has 1 aromatic carbocycles. The number of nitrogens with zero attached hydrogens (tertiary/aromatic N) is 1. The summed E-state index contributed by atoms with van der Waals surface area (Å²) >= 11 is 2.11. The molecule has 1 amide bonds. The highest BCUT2D eigenvalue weighted by molar-refractivity contribution is 14.1. The van der Waals surface area contributed by atoms with E-state index in [1.54, 1.807) is 38.7 Å². The number of halogens is 1. The smallest absolute Gasteiger partial charge is 0.252 e. The van der Waals surface area contributed by atoms with Gasteiger partial charge in [-0.2, -0.15) is 0 Å². The second-order valence-electron chi connectivity index (χ2n) is 4.55. The summed E-state index contributed by atoms with van der Waals surface area (Å²) in [5.74, 6) is 1.02. The van der Waals surface area contributed by atoms with Crippen molar-refractivity contribution in [2.24, 2.45) is 0 Å². The van der Waals surface area contributed by atoms with Crippen LogP contribution in [0.2, 0.25) is 0 Å². The van der Waals surface area contributed by atoms with Gasteiger partial charge in [0.1, 0.15) is 0 Å². The quantitative estimate of drug-likeness (QED) is 0.742. The molecule has 1 N–H and O–H groups in total. The summed E-state index contributed by atoms with van der Waals surface area (Å²) in [6.07, 6.45) is 4.27. The van der Waals surface area contributed by atoms with Crippen molar-refractivity contribution in [1.82, 2.24) is 10.3 Å². The first-order chi connectivity index (χ1) is 10.7. The van der Waals surface area contributed by atoms with E-state index >= 15 is 0 Å². The van der Waals surface area contributed by atoms with Crippen molar-refractivity contribution in [3.8, 4) is 11.5 Å². The monoisotopic (exact) mass is 412 g/mol. The lowest BCUT2D eigenvalue weighted by Crippen LogP contribution is -2.26. The number of aromatic nitrogens is 1. The van der Waals surface area contributed by atoms with Crippen molar-refractivity contribution in [1.29, 1.82) is 0 Å². The van der Waals surface area contributed by atoms with Crippen LogP contribution in [0.1, 0.15) is 15.9 Å². The van der Waals surface area contributed by atoms with Crippen molar-refractivity contribution in [3.05, 3.63) is 51.4 Å². The zero-order chi connectivity index (χ0) is 15.9. The highest BCUT2D eigenvalue weighted by atomic mass is 127. The van der Waals surface area contributed by atoms with Crippen LogP contribution >= 0.6 is 22.6 Å². The average molecular weight is 412 g/mol. The second kappa shape index (κ2) is 7.98. The van der Waals surface area contributed by atoms with Gasteiger partial charge in [-0.25, -0.2) is 0 Å². The van der Waals surface area contributed by atoms with Crippen LogP contribution in [0, 0.1) is 3.57 Å². The highest BCUT2D eigenvalue weighted by Crippen LogP contribution is 2.31. The Labute approximate surface area is 143 Å². The third-order valence-corrected chi connectivity index (χ3v) is 4.03. The molecule has 0 fully saturated rings. The van der Waals surface area contributed by atoms with Crippen LogP contribution in [-0.2, 0) is 6.42 Å². The number of benzene rings is 1. The van der Waals surface area contributed by atoms with Crippen LogP contribution in [0.4, 0.5) is 0 Å². The topological polar surface area (TPSA) is 60.5 Å². The Morgan fingerprint density at radius 3 is 2.64 bits per heavy atom. The molecule has 116 valence electrons. The van der Waals surface area contributed by atoms with Gasteiger partial charge in [-0.05, 0) is 52.8 Å². The minimum atomic E-state index is -0.130. The van der Waals surface area contributed by atoms with Crippen molar-refractivity contribution in [2.45, 2.75) is 6.42 Å². The normalized spacial score (nSPS) is 10.1. The summed E-state index contributed by atoms with van der Waals surface area (Å²) in [6, 6.07) is 7.35. The van der Waals surface area contributed by atoms with Crippen LogP contribution in [0.3, 0.4) is 0 Å². The van der Waals surface area contributed by atoms with Crippen molar-refractivity contribution >= 4 is 28.5 Å². The lowest BCUT2D eigenvalue weighted by Gasteiger charge is -2.12. The van der Waals surface area contributed by atoms with E-state index in [0.29, 0.717) is 23.6 Å². The molecule has 2 rings (SSSR count). The van der Waals surface area contributed by atoms with Gasteiger partial charge in [-0.1, -0.05) is 6.07 Å². The number of hydrogen-bond acceptors (Lipinski definition) is 4. The summed E-state index contributed by atoms with van der Waals surface area (Å²) in [5, 5.41) is 2.91. The van der Waals surface area contributed by atoms with Crippen LogP contribution in [0.25, 0.3) is 0 Å². The number of amides is 1. The molecule has 0 aliphatic heterocycles. The molecule has 0 aliphatic rings. The van der Waals surface area contributed by atoms with Crippen LogP contribution in [-0.4, -0.2) is 31.7 Å². The zero-order valence-electron chi connectivity index (χ0n) is 12.4. The Kier molecular flexibility index (Phi) is 6.00. The Balaban J connectivity index is 2.03. The van der Waals surface area contributed by atoms with E-state index in [1.807, 2.05) is 12.1 Å². The van der Waals surface area contributed by atoms with Gasteiger partial charge in [-0.3, -0.25) is 9.78 Å². The first kappa shape index (κ1) is 16.5. The number of pyridine rings is 1. The molecule has 0 saturated heterocycles. The van der Waals surface area contributed by atoms with Crippen LogP contribution in [0.5, 0.6) is 11.5 Å². The van der Waals surface area contributed by atoms with E-state index in [2.05, 4.69) is 32.9 Å². The standard InChI is InChI=1S/C16H17IN2O3/c1-21-14-8-12(13(17)9-15(14)22-2)16(20)19-7-5-11-4-3-6-18-10-11/h3-4,6,8-10H,5,7H2,1-2H3,(H,19,20). The van der Waals surface area contributed by atoms with Gasteiger partial charge in [-0.15, -0.1) is 0 Å². The maximum Gasteiger partial charge on any atom is 0.252 e. The zero-order valence-corrected chi connectivity index (χ0v) is 14.6. The molecule has 0 aliphatic carbocycles. The first-order valence-electron chi connectivity index (χ1n) is 6.74. The van der Waals surface area contributed by atoms with Crippen molar-refractivity contribution < 1.29 is 14.3 Å². The Bertz CT molecular complexity index is 647. The largest absolute Gasteiger partial charge is 0.493 e. The van der Waals surface area contributed by atoms with Crippen LogP contribution in [0.15, 0.2) is 36.7 Å². The number of carbonyl (C=O) groups is 1. The third-order valence-electron chi connectivity index (χ3n) is 3.14. The van der Waals surface area contributed by atoms with Crippen molar-refractivity contribution in [3.63, 3.8) is 0 Å².